The van der Waals surface area contributed by atoms with Crippen LogP contribution in [0.15, 0.2) is 18.2 Å². The largest absolute Gasteiger partial charge is 0.326 e. The van der Waals surface area contributed by atoms with Crippen molar-refractivity contribution in [3.8, 4) is 0 Å². The Morgan fingerprint density at radius 2 is 1.94 bits per heavy atom. The third-order valence-electron chi connectivity index (χ3n) is 2.58. The lowest BCUT2D eigenvalue weighted by atomic mass is 10.1. The van der Waals surface area contributed by atoms with Gasteiger partial charge in [-0.3, -0.25) is 4.79 Å². The number of anilines is 1. The second kappa shape index (κ2) is 5.31. The van der Waals surface area contributed by atoms with Crippen LogP contribution >= 0.6 is 0 Å². The molecule has 0 aromatic heterocycles. The van der Waals surface area contributed by atoms with Crippen LogP contribution in [0.3, 0.4) is 0 Å². The molecule has 0 aliphatic rings. The number of carbonyl (C=O) groups is 1. The van der Waals surface area contributed by atoms with Crippen LogP contribution < -0.4 is 5.32 Å². The highest BCUT2D eigenvalue weighted by Crippen LogP contribution is 2.17. The maximum atomic E-state index is 11.5. The molecule has 0 spiro atoms. The number of hydrogen-bond donors (Lipinski definition) is 1. The summed E-state index contributed by atoms with van der Waals surface area (Å²) in [4.78, 5) is 11.5. The van der Waals surface area contributed by atoms with Crippen LogP contribution in [0.4, 0.5) is 5.69 Å². The summed E-state index contributed by atoms with van der Waals surface area (Å²) in [6.07, 6.45) is 1.12. The quantitative estimate of drug-likeness (QED) is 0.890. The van der Waals surface area contributed by atoms with Crippen molar-refractivity contribution in [2.75, 3.05) is 17.3 Å². The van der Waals surface area contributed by atoms with Crippen LogP contribution in [0, 0.1) is 13.8 Å². The number of hydrogen-bond acceptors (Lipinski definition) is 3. The van der Waals surface area contributed by atoms with Gasteiger partial charge in [-0.15, -0.1) is 0 Å². The minimum atomic E-state index is -3.09. The van der Waals surface area contributed by atoms with E-state index in [9.17, 15) is 13.2 Å². The normalized spacial score (nSPS) is 11.2. The third kappa shape index (κ3) is 4.56. The van der Waals surface area contributed by atoms with Crippen molar-refractivity contribution >= 4 is 21.4 Å². The van der Waals surface area contributed by atoms with Crippen LogP contribution in [-0.4, -0.2) is 26.3 Å². The van der Waals surface area contributed by atoms with Gasteiger partial charge in [-0.2, -0.15) is 0 Å². The Bertz CT molecular complexity index is 521. The third-order valence-corrected chi connectivity index (χ3v) is 3.52. The van der Waals surface area contributed by atoms with E-state index in [1.807, 2.05) is 26.0 Å². The van der Waals surface area contributed by atoms with Gasteiger partial charge in [0.05, 0.1) is 5.75 Å². The number of sulfone groups is 1. The molecule has 0 heterocycles. The summed E-state index contributed by atoms with van der Waals surface area (Å²) in [5.74, 6) is -0.395. The Morgan fingerprint density at radius 1 is 1.29 bits per heavy atom. The van der Waals surface area contributed by atoms with Crippen LogP contribution in [0.25, 0.3) is 0 Å². The fourth-order valence-corrected chi connectivity index (χ4v) is 1.93. The molecule has 0 aliphatic heterocycles. The fraction of sp³-hybridized carbons (Fsp3) is 0.417. The van der Waals surface area contributed by atoms with Gasteiger partial charge in [-0.05, 0) is 31.0 Å². The van der Waals surface area contributed by atoms with Gasteiger partial charge in [-0.25, -0.2) is 8.42 Å². The van der Waals surface area contributed by atoms with Crippen LogP contribution in [0.5, 0.6) is 0 Å². The van der Waals surface area contributed by atoms with Gasteiger partial charge < -0.3 is 5.32 Å². The Kier molecular flexibility index (Phi) is 4.28. The topological polar surface area (TPSA) is 63.2 Å². The molecule has 1 aromatic carbocycles. The van der Waals surface area contributed by atoms with Crippen LogP contribution in [0.1, 0.15) is 17.5 Å². The Hall–Kier alpha value is -1.36. The van der Waals surface area contributed by atoms with Crippen molar-refractivity contribution in [2.24, 2.45) is 0 Å². The lowest BCUT2D eigenvalue weighted by Gasteiger charge is -2.09. The maximum absolute atomic E-state index is 11.5. The molecule has 1 amide bonds. The lowest BCUT2D eigenvalue weighted by Crippen LogP contribution is -2.17. The predicted octanol–water partition coefficient (Wildman–Crippen LogP) is 1.68. The number of amides is 1. The first-order valence-corrected chi connectivity index (χ1v) is 7.39. The van der Waals surface area contributed by atoms with E-state index in [0.29, 0.717) is 0 Å². The van der Waals surface area contributed by atoms with Gasteiger partial charge in [0, 0.05) is 18.4 Å². The molecule has 4 nitrogen and oxygen atoms in total. The van der Waals surface area contributed by atoms with E-state index >= 15 is 0 Å². The molecule has 0 radical (unpaired) electrons. The molecule has 0 saturated heterocycles. The van der Waals surface area contributed by atoms with Crippen molar-refractivity contribution in [1.29, 1.82) is 0 Å². The highest BCUT2D eigenvalue weighted by atomic mass is 32.2. The van der Waals surface area contributed by atoms with Crippen molar-refractivity contribution in [2.45, 2.75) is 20.3 Å². The van der Waals surface area contributed by atoms with Gasteiger partial charge in [0.2, 0.25) is 5.91 Å². The average Bonchev–Trinajstić information content (AvgIpc) is 2.21. The van der Waals surface area contributed by atoms with Crippen molar-refractivity contribution in [1.82, 2.24) is 0 Å². The van der Waals surface area contributed by atoms with E-state index in [1.165, 1.54) is 0 Å². The number of aryl methyl sites for hydroxylation is 1. The highest BCUT2D eigenvalue weighted by molar-refractivity contribution is 7.90. The molecule has 94 valence electrons. The minimum absolute atomic E-state index is 0.00772. The zero-order valence-electron chi connectivity index (χ0n) is 10.3. The Morgan fingerprint density at radius 3 is 2.53 bits per heavy atom. The summed E-state index contributed by atoms with van der Waals surface area (Å²) in [6, 6.07) is 5.62. The summed E-state index contributed by atoms with van der Waals surface area (Å²) in [6.45, 7) is 3.88. The van der Waals surface area contributed by atoms with Gasteiger partial charge in [0.15, 0.2) is 0 Å². The van der Waals surface area contributed by atoms with Gasteiger partial charge in [0.1, 0.15) is 9.84 Å². The Labute approximate surface area is 102 Å². The average molecular weight is 255 g/mol. The molecule has 0 bridgehead atoms. The SMILES string of the molecule is Cc1cccc(NC(=O)CCS(C)(=O)=O)c1C. The van der Waals surface area contributed by atoms with Crippen LogP contribution in [-0.2, 0) is 14.6 Å². The number of rotatable bonds is 4. The smallest absolute Gasteiger partial charge is 0.225 e. The summed E-state index contributed by atoms with van der Waals surface area (Å²) in [5, 5.41) is 2.72. The number of nitrogens with one attached hydrogen (secondary N) is 1. The van der Waals surface area contributed by atoms with Gasteiger partial charge in [0.25, 0.3) is 0 Å². The number of benzene rings is 1. The van der Waals surface area contributed by atoms with E-state index in [0.717, 1.165) is 23.1 Å². The maximum Gasteiger partial charge on any atom is 0.225 e. The van der Waals surface area contributed by atoms with E-state index in [4.69, 9.17) is 0 Å². The molecule has 0 unspecified atom stereocenters. The second-order valence-corrected chi connectivity index (χ2v) is 6.44. The second-order valence-electron chi connectivity index (χ2n) is 4.18. The number of carbonyl (C=O) groups excluding carboxylic acids is 1. The molecular formula is C12H17NO3S. The van der Waals surface area contributed by atoms with E-state index in [-0.39, 0.29) is 18.1 Å². The Balaban J connectivity index is 2.66. The van der Waals surface area contributed by atoms with Crippen molar-refractivity contribution in [3.63, 3.8) is 0 Å². The molecular weight excluding hydrogens is 238 g/mol. The summed E-state index contributed by atoms with van der Waals surface area (Å²) in [5.41, 5.74) is 2.83. The molecule has 17 heavy (non-hydrogen) atoms. The van der Waals surface area contributed by atoms with Crippen molar-refractivity contribution < 1.29 is 13.2 Å². The zero-order chi connectivity index (χ0) is 13.1. The lowest BCUT2D eigenvalue weighted by molar-refractivity contribution is -0.115. The molecule has 1 rings (SSSR count). The molecule has 1 N–H and O–H groups in total. The van der Waals surface area contributed by atoms with E-state index in [1.54, 1.807) is 6.07 Å². The minimum Gasteiger partial charge on any atom is -0.326 e. The monoisotopic (exact) mass is 255 g/mol. The molecule has 1 aromatic rings. The standard InChI is InChI=1S/C12H17NO3S/c1-9-5-4-6-11(10(9)2)13-12(14)7-8-17(3,15)16/h4-6H,7-8H2,1-3H3,(H,13,14). The zero-order valence-corrected chi connectivity index (χ0v) is 11.1. The van der Waals surface area contributed by atoms with Crippen LogP contribution in [0.2, 0.25) is 0 Å². The van der Waals surface area contributed by atoms with Gasteiger partial charge >= 0.3 is 0 Å². The van der Waals surface area contributed by atoms with E-state index in [2.05, 4.69) is 5.32 Å². The first kappa shape index (κ1) is 13.7. The highest BCUT2D eigenvalue weighted by Gasteiger charge is 2.09. The summed E-state index contributed by atoms with van der Waals surface area (Å²) >= 11 is 0. The fourth-order valence-electron chi connectivity index (χ4n) is 1.38. The molecule has 5 heteroatoms. The first-order valence-electron chi connectivity index (χ1n) is 5.33. The molecule has 0 aliphatic carbocycles. The molecule has 0 atom stereocenters. The summed E-state index contributed by atoms with van der Waals surface area (Å²) in [7, 11) is -3.09. The predicted molar refractivity (Wildman–Crippen MR) is 68.9 cm³/mol. The van der Waals surface area contributed by atoms with Crippen molar-refractivity contribution in [3.05, 3.63) is 29.3 Å². The molecule has 0 saturated carbocycles. The molecule has 0 fully saturated rings. The first-order chi connectivity index (χ1) is 7.79. The van der Waals surface area contributed by atoms with Gasteiger partial charge in [-0.1, -0.05) is 12.1 Å². The summed E-state index contributed by atoms with van der Waals surface area (Å²) < 4.78 is 21.9. The van der Waals surface area contributed by atoms with E-state index < -0.39 is 9.84 Å².